The lowest BCUT2D eigenvalue weighted by Gasteiger charge is -2.07. The van der Waals surface area contributed by atoms with E-state index in [1.54, 1.807) is 0 Å². The van der Waals surface area contributed by atoms with Gasteiger partial charge in [-0.3, -0.25) is 4.79 Å². The van der Waals surface area contributed by atoms with Crippen molar-refractivity contribution < 1.29 is 19.0 Å². The van der Waals surface area contributed by atoms with Gasteiger partial charge in [0.25, 0.3) is 0 Å². The molecule has 1 aliphatic carbocycles. The highest BCUT2D eigenvalue weighted by molar-refractivity contribution is 5.85. The second-order valence-electron chi connectivity index (χ2n) is 5.16. The third-order valence-electron chi connectivity index (χ3n) is 3.80. The molecule has 2 rings (SSSR count). The van der Waals surface area contributed by atoms with Crippen LogP contribution in [-0.4, -0.2) is 32.1 Å². The van der Waals surface area contributed by atoms with Crippen LogP contribution in [0.5, 0.6) is 0 Å². The molecule has 19 heavy (non-hydrogen) atoms. The van der Waals surface area contributed by atoms with E-state index in [-0.39, 0.29) is 18.2 Å². The second-order valence-corrected chi connectivity index (χ2v) is 5.16. The van der Waals surface area contributed by atoms with Crippen molar-refractivity contribution in [1.29, 1.82) is 0 Å². The van der Waals surface area contributed by atoms with Crippen molar-refractivity contribution in [2.24, 2.45) is 5.92 Å². The molecule has 1 fully saturated rings. The maximum atomic E-state index is 11.6. The molecule has 1 heterocycles. The van der Waals surface area contributed by atoms with Gasteiger partial charge in [0.05, 0.1) is 25.7 Å². The number of carbonyl (C=O) groups excluding carboxylic acids is 1. The summed E-state index contributed by atoms with van der Waals surface area (Å²) < 4.78 is 15.8. The van der Waals surface area contributed by atoms with E-state index in [0.717, 1.165) is 45.3 Å². The standard InChI is InChI=1S/C15H24O4/c1-3-17-15(16)14-11(2)12(14)7-5-4-6-8-13-18-9-10-19-13/h13-14H,3-10H2,1-2H3/t14-/m1/s1. The van der Waals surface area contributed by atoms with Gasteiger partial charge in [0, 0.05) is 0 Å². The lowest BCUT2D eigenvalue weighted by molar-refractivity contribution is -0.144. The molecule has 2 aliphatic rings. The average Bonchev–Trinajstić information content (AvgIpc) is 2.80. The minimum atomic E-state index is -0.0669. The predicted octanol–water partition coefficient (Wildman–Crippen LogP) is 2.82. The van der Waals surface area contributed by atoms with E-state index in [4.69, 9.17) is 14.2 Å². The van der Waals surface area contributed by atoms with Crippen LogP contribution in [0.2, 0.25) is 0 Å². The summed E-state index contributed by atoms with van der Waals surface area (Å²) >= 11 is 0. The van der Waals surface area contributed by atoms with E-state index >= 15 is 0 Å². The molecule has 0 aromatic carbocycles. The van der Waals surface area contributed by atoms with Gasteiger partial charge < -0.3 is 14.2 Å². The van der Waals surface area contributed by atoms with Crippen molar-refractivity contribution in [3.63, 3.8) is 0 Å². The Bertz CT molecular complexity index is 342. The third-order valence-corrected chi connectivity index (χ3v) is 3.80. The van der Waals surface area contributed by atoms with E-state index in [1.807, 2.05) is 13.8 Å². The first-order valence-corrected chi connectivity index (χ1v) is 7.33. The van der Waals surface area contributed by atoms with Crippen LogP contribution in [0.3, 0.4) is 0 Å². The highest BCUT2D eigenvalue weighted by Crippen LogP contribution is 2.43. The van der Waals surface area contributed by atoms with Crippen LogP contribution in [0.4, 0.5) is 0 Å². The fourth-order valence-electron chi connectivity index (χ4n) is 2.65. The fourth-order valence-corrected chi connectivity index (χ4v) is 2.65. The van der Waals surface area contributed by atoms with Crippen LogP contribution in [0.15, 0.2) is 11.1 Å². The van der Waals surface area contributed by atoms with Crippen LogP contribution in [0.1, 0.15) is 46.0 Å². The van der Waals surface area contributed by atoms with Gasteiger partial charge in [0.15, 0.2) is 6.29 Å². The van der Waals surface area contributed by atoms with E-state index in [0.29, 0.717) is 6.61 Å². The van der Waals surface area contributed by atoms with E-state index in [1.165, 1.54) is 11.1 Å². The SMILES string of the molecule is CCOC(=O)[C@@H]1C(C)=C1CCCCCC1OCCO1. The summed E-state index contributed by atoms with van der Waals surface area (Å²) in [5.74, 6) is -0.0656. The predicted molar refractivity (Wildman–Crippen MR) is 71.6 cm³/mol. The van der Waals surface area contributed by atoms with Crippen LogP contribution >= 0.6 is 0 Å². The Balaban J connectivity index is 1.53. The van der Waals surface area contributed by atoms with Crippen molar-refractivity contribution in [3.05, 3.63) is 11.1 Å². The van der Waals surface area contributed by atoms with E-state index in [9.17, 15) is 4.79 Å². The molecule has 0 saturated carbocycles. The Morgan fingerprint density at radius 2 is 2.00 bits per heavy atom. The molecule has 1 atom stereocenters. The third kappa shape index (κ3) is 4.05. The molecule has 4 heteroatoms. The lowest BCUT2D eigenvalue weighted by atomic mass is 10.1. The molecule has 1 saturated heterocycles. The average molecular weight is 268 g/mol. The summed E-state index contributed by atoms with van der Waals surface area (Å²) in [6.45, 7) is 5.83. The zero-order valence-corrected chi connectivity index (χ0v) is 11.9. The number of unbranched alkanes of at least 4 members (excludes halogenated alkanes) is 2. The first-order chi connectivity index (χ1) is 9.24. The second kappa shape index (κ2) is 7.06. The van der Waals surface area contributed by atoms with Gasteiger partial charge in [0.2, 0.25) is 0 Å². The van der Waals surface area contributed by atoms with Gasteiger partial charge >= 0.3 is 5.97 Å². The molecule has 1 aliphatic heterocycles. The molecular weight excluding hydrogens is 244 g/mol. The van der Waals surface area contributed by atoms with Gasteiger partial charge in [0.1, 0.15) is 0 Å². The summed E-state index contributed by atoms with van der Waals surface area (Å²) in [7, 11) is 0. The molecule has 108 valence electrons. The normalized spacial score (nSPS) is 22.9. The smallest absolute Gasteiger partial charge is 0.317 e. The number of carbonyl (C=O) groups is 1. The Labute approximate surface area is 115 Å². The van der Waals surface area contributed by atoms with Crippen LogP contribution < -0.4 is 0 Å². The highest BCUT2D eigenvalue weighted by atomic mass is 16.7. The monoisotopic (exact) mass is 268 g/mol. The van der Waals surface area contributed by atoms with Crippen molar-refractivity contribution >= 4 is 5.97 Å². The summed E-state index contributed by atoms with van der Waals surface area (Å²) in [6.07, 6.45) is 5.46. The highest BCUT2D eigenvalue weighted by Gasteiger charge is 2.39. The molecular formula is C15H24O4. The molecule has 0 unspecified atom stereocenters. The fraction of sp³-hybridized carbons (Fsp3) is 0.800. The Hall–Kier alpha value is -0.870. The molecule has 0 amide bonds. The Morgan fingerprint density at radius 1 is 1.26 bits per heavy atom. The van der Waals surface area contributed by atoms with Gasteiger partial charge in [-0.25, -0.2) is 0 Å². The van der Waals surface area contributed by atoms with Crippen LogP contribution in [0.25, 0.3) is 0 Å². The number of rotatable bonds is 8. The first kappa shape index (κ1) is 14.5. The molecule has 0 radical (unpaired) electrons. The molecule has 4 nitrogen and oxygen atoms in total. The largest absolute Gasteiger partial charge is 0.465 e. The molecule has 0 aromatic heterocycles. The summed E-state index contributed by atoms with van der Waals surface area (Å²) in [6, 6.07) is 0. The minimum Gasteiger partial charge on any atom is -0.465 e. The zero-order chi connectivity index (χ0) is 13.7. The van der Waals surface area contributed by atoms with E-state index in [2.05, 4.69) is 0 Å². The number of hydrogen-bond donors (Lipinski definition) is 0. The summed E-state index contributed by atoms with van der Waals surface area (Å²) in [4.78, 5) is 11.6. The molecule has 0 aromatic rings. The zero-order valence-electron chi connectivity index (χ0n) is 11.9. The van der Waals surface area contributed by atoms with Crippen LogP contribution in [-0.2, 0) is 19.0 Å². The van der Waals surface area contributed by atoms with Crippen molar-refractivity contribution in [2.75, 3.05) is 19.8 Å². The maximum absolute atomic E-state index is 11.6. The van der Waals surface area contributed by atoms with Crippen molar-refractivity contribution in [2.45, 2.75) is 52.2 Å². The molecule has 0 spiro atoms. The minimum absolute atomic E-state index is 0.00134. The Morgan fingerprint density at radius 3 is 2.68 bits per heavy atom. The van der Waals surface area contributed by atoms with Crippen molar-refractivity contribution in [3.8, 4) is 0 Å². The lowest BCUT2D eigenvalue weighted by Crippen LogP contribution is -2.09. The topological polar surface area (TPSA) is 44.8 Å². The quantitative estimate of drug-likeness (QED) is 0.386. The number of hydrogen-bond acceptors (Lipinski definition) is 4. The van der Waals surface area contributed by atoms with Gasteiger partial charge in [-0.1, -0.05) is 17.6 Å². The van der Waals surface area contributed by atoms with E-state index < -0.39 is 0 Å². The maximum Gasteiger partial charge on any atom is 0.317 e. The summed E-state index contributed by atoms with van der Waals surface area (Å²) in [5, 5.41) is 0. The molecule has 0 N–H and O–H groups in total. The van der Waals surface area contributed by atoms with Gasteiger partial charge in [-0.15, -0.1) is 0 Å². The van der Waals surface area contributed by atoms with Gasteiger partial charge in [-0.05, 0) is 39.5 Å². The first-order valence-electron chi connectivity index (χ1n) is 7.33. The molecule has 0 bridgehead atoms. The van der Waals surface area contributed by atoms with Crippen molar-refractivity contribution in [1.82, 2.24) is 0 Å². The van der Waals surface area contributed by atoms with Gasteiger partial charge in [-0.2, -0.15) is 0 Å². The number of esters is 1. The van der Waals surface area contributed by atoms with Crippen LogP contribution in [0, 0.1) is 5.92 Å². The Kier molecular flexibility index (Phi) is 5.40. The summed E-state index contributed by atoms with van der Waals surface area (Å²) in [5.41, 5.74) is 2.52. The number of ether oxygens (including phenoxy) is 3.